The van der Waals surface area contributed by atoms with E-state index in [1.807, 2.05) is 36.4 Å². The zero-order valence-electron chi connectivity index (χ0n) is 51.4. The Morgan fingerprint density at radius 2 is 0.762 bits per heavy atom. The van der Waals surface area contributed by atoms with E-state index in [-0.39, 0.29) is 11.9 Å². The highest BCUT2D eigenvalue weighted by atomic mass is 16.6. The van der Waals surface area contributed by atoms with Crippen molar-refractivity contribution < 1.29 is 19.1 Å². The number of carbonyl (C=O) groups is 2. The Kier molecular flexibility index (Phi) is 17.5. The number of carbonyl (C=O) groups excluding carboxylic acids is 2. The number of esters is 2. The van der Waals surface area contributed by atoms with Gasteiger partial charge in [-0.1, -0.05) is 202 Å². The lowest BCUT2D eigenvalue weighted by Gasteiger charge is -2.31. The molecule has 84 heavy (non-hydrogen) atoms. The number of cyclic esters (lactones) is 2. The summed E-state index contributed by atoms with van der Waals surface area (Å²) in [6.45, 7) is 19.7. The second-order valence-electron chi connectivity index (χ2n) is 24.2. The van der Waals surface area contributed by atoms with Gasteiger partial charge in [0, 0.05) is 113 Å². The van der Waals surface area contributed by atoms with Crippen molar-refractivity contribution in [2.24, 2.45) is 0 Å². The lowest BCUT2D eigenvalue weighted by atomic mass is 9.76. The van der Waals surface area contributed by atoms with E-state index in [4.69, 9.17) is 9.47 Å². The number of nitrogens with one attached hydrogen (secondary N) is 2. The summed E-state index contributed by atoms with van der Waals surface area (Å²) in [5.74, 6) is -0.505. The van der Waals surface area contributed by atoms with E-state index in [1.165, 1.54) is 109 Å². The summed E-state index contributed by atoms with van der Waals surface area (Å²) in [6, 6.07) is 46.5. The number of aromatic nitrogens is 4. The van der Waals surface area contributed by atoms with Gasteiger partial charge in [-0.2, -0.15) is 0 Å². The van der Waals surface area contributed by atoms with Crippen LogP contribution in [0.1, 0.15) is 218 Å². The number of unbranched alkanes of at least 4 members (excludes halogenated alkanes) is 12. The van der Waals surface area contributed by atoms with Crippen LogP contribution in [0.15, 0.2) is 133 Å². The van der Waals surface area contributed by atoms with Gasteiger partial charge in [-0.05, 0) is 114 Å². The van der Waals surface area contributed by atoms with Crippen molar-refractivity contribution in [3.05, 3.63) is 212 Å². The van der Waals surface area contributed by atoms with E-state index in [0.717, 1.165) is 131 Å². The molecule has 10 aromatic rings. The van der Waals surface area contributed by atoms with Crippen LogP contribution in [0, 0.1) is 27.7 Å². The number of nitrogens with zero attached hydrogens (tertiary/aromatic N) is 2. The third-order valence-electron chi connectivity index (χ3n) is 18.7. The number of fused-ring (bicyclic) bond motifs is 6. The number of hydrogen-bond acceptors (Lipinski definition) is 4. The summed E-state index contributed by atoms with van der Waals surface area (Å²) >= 11 is 0. The summed E-state index contributed by atoms with van der Waals surface area (Å²) in [4.78, 5) is 34.9. The van der Waals surface area contributed by atoms with Gasteiger partial charge in [-0.25, -0.2) is 9.59 Å². The average Bonchev–Trinajstić information content (AvgIpc) is 1.57. The molecule has 436 valence electrons. The summed E-state index contributed by atoms with van der Waals surface area (Å²) in [7, 11) is 0. The molecule has 6 heterocycles. The largest absolute Gasteiger partial charge is 0.440 e. The number of hydrogen-bond donors (Lipinski definition) is 2. The molecule has 0 fully saturated rings. The standard InChI is InChI=1S/2C38H44N2O2/c2*1-5-7-9-10-11-16-25-40-27(4)36(30-21-13-15-24-33(30)40)38(31-22-14-12-20-29(31)37(41)42-38)35-26(3)39-32-23-17-19-28(34(32)35)18-8-6-2/h2*12-15,17,19-24,39H,5-11,16,18,25H2,1-4H3. The quantitative estimate of drug-likeness (QED) is 0.0466. The molecule has 2 aliphatic rings. The summed E-state index contributed by atoms with van der Waals surface area (Å²) < 4.78 is 18.5. The molecule has 6 aromatic carbocycles. The first kappa shape index (κ1) is 58.2. The highest BCUT2D eigenvalue weighted by Gasteiger charge is 2.55. The molecule has 2 aliphatic heterocycles. The van der Waals surface area contributed by atoms with Crippen LogP contribution in [0.2, 0.25) is 0 Å². The van der Waals surface area contributed by atoms with Gasteiger partial charge < -0.3 is 28.6 Å². The summed E-state index contributed by atoms with van der Waals surface area (Å²) in [5.41, 5.74) is 17.1. The van der Waals surface area contributed by atoms with Gasteiger partial charge in [0.2, 0.25) is 0 Å². The third-order valence-corrected chi connectivity index (χ3v) is 18.7. The fourth-order valence-electron chi connectivity index (χ4n) is 14.8. The number of rotatable bonds is 24. The molecule has 0 amide bonds. The molecular formula is C76H88N4O4. The molecule has 0 radical (unpaired) electrons. The maximum atomic E-state index is 13.8. The molecule has 0 spiro atoms. The molecule has 4 aromatic heterocycles. The highest BCUT2D eigenvalue weighted by molar-refractivity contribution is 6.03. The van der Waals surface area contributed by atoms with Gasteiger partial charge in [-0.3, -0.25) is 0 Å². The zero-order chi connectivity index (χ0) is 58.5. The Hall–Kier alpha value is -7.58. The highest BCUT2D eigenvalue weighted by Crippen LogP contribution is 2.56. The minimum absolute atomic E-state index is 0.252. The van der Waals surface area contributed by atoms with E-state index < -0.39 is 11.2 Å². The maximum absolute atomic E-state index is 13.8. The first-order chi connectivity index (χ1) is 41.0. The Labute approximate surface area is 498 Å². The Balaban J connectivity index is 0.000000175. The van der Waals surface area contributed by atoms with Crippen molar-refractivity contribution in [2.75, 3.05) is 0 Å². The number of ether oxygens (including phenoxy) is 2. The number of aromatic amines is 2. The molecule has 12 rings (SSSR count). The molecule has 0 aliphatic carbocycles. The van der Waals surface area contributed by atoms with Crippen LogP contribution < -0.4 is 0 Å². The molecule has 2 atom stereocenters. The molecule has 8 nitrogen and oxygen atoms in total. The van der Waals surface area contributed by atoms with E-state index in [0.29, 0.717) is 11.1 Å². The first-order valence-corrected chi connectivity index (χ1v) is 32.1. The van der Waals surface area contributed by atoms with Crippen LogP contribution >= 0.6 is 0 Å². The third kappa shape index (κ3) is 10.2. The van der Waals surface area contributed by atoms with Gasteiger partial charge in [0.25, 0.3) is 0 Å². The fraction of sp³-hybridized carbons (Fsp3) is 0.395. The molecule has 0 saturated carbocycles. The Morgan fingerprint density at radius 1 is 0.393 bits per heavy atom. The van der Waals surface area contributed by atoms with Gasteiger partial charge >= 0.3 is 11.9 Å². The van der Waals surface area contributed by atoms with Gasteiger partial charge in [0.1, 0.15) is 0 Å². The SMILES string of the molecule is CCCCCCCCn1c(C)c(C2(c3c(C)[nH]c4cccc(CCCC)c34)OC(=O)c3ccccc32)c2ccccc21.CCCCCCCCn1c(C)c(C2(c3c(C)[nH]c4cccc(CCCC)c34)OC(=O)c3ccccc32)c2ccccc21. The monoisotopic (exact) mass is 1120 g/mol. The van der Waals surface area contributed by atoms with Crippen molar-refractivity contribution in [3.8, 4) is 0 Å². The lowest BCUT2D eigenvalue weighted by Crippen LogP contribution is -2.31. The van der Waals surface area contributed by atoms with Crippen LogP contribution in [0.3, 0.4) is 0 Å². The minimum atomic E-state index is -1.05. The van der Waals surface area contributed by atoms with Crippen LogP contribution in [0.25, 0.3) is 43.6 Å². The van der Waals surface area contributed by atoms with Gasteiger partial charge in [0.15, 0.2) is 11.2 Å². The van der Waals surface area contributed by atoms with Crippen LogP contribution in [-0.4, -0.2) is 31.0 Å². The smallest absolute Gasteiger partial charge is 0.340 e. The Bertz CT molecular complexity index is 3740. The van der Waals surface area contributed by atoms with Crippen molar-refractivity contribution in [3.63, 3.8) is 0 Å². The van der Waals surface area contributed by atoms with Gasteiger partial charge in [-0.15, -0.1) is 0 Å². The van der Waals surface area contributed by atoms with Crippen LogP contribution in [0.5, 0.6) is 0 Å². The van der Waals surface area contributed by atoms with Crippen molar-refractivity contribution >= 4 is 55.6 Å². The summed E-state index contributed by atoms with van der Waals surface area (Å²) in [5, 5.41) is 4.70. The number of benzene rings is 6. The van der Waals surface area contributed by atoms with E-state index in [2.05, 4.69) is 172 Å². The molecule has 2 unspecified atom stereocenters. The van der Waals surface area contributed by atoms with Crippen molar-refractivity contribution in [1.82, 2.24) is 19.1 Å². The van der Waals surface area contributed by atoms with Crippen molar-refractivity contribution in [1.29, 1.82) is 0 Å². The van der Waals surface area contributed by atoms with E-state index in [9.17, 15) is 9.59 Å². The predicted octanol–water partition coefficient (Wildman–Crippen LogP) is 19.8. The first-order valence-electron chi connectivity index (χ1n) is 32.1. The topological polar surface area (TPSA) is 94.0 Å². The maximum Gasteiger partial charge on any atom is 0.340 e. The number of para-hydroxylation sites is 2. The normalized spacial score (nSPS) is 16.4. The second kappa shape index (κ2) is 25.3. The summed E-state index contributed by atoms with van der Waals surface area (Å²) in [6.07, 6.45) is 21.5. The molecule has 0 saturated heterocycles. The Morgan fingerprint density at radius 3 is 1.18 bits per heavy atom. The van der Waals surface area contributed by atoms with Gasteiger partial charge in [0.05, 0.1) is 11.1 Å². The minimum Gasteiger partial charge on any atom is -0.440 e. The van der Waals surface area contributed by atoms with Crippen molar-refractivity contribution in [2.45, 2.75) is 195 Å². The molecule has 8 heteroatoms. The molecule has 0 bridgehead atoms. The lowest BCUT2D eigenvalue weighted by molar-refractivity contribution is 0.0246. The fourth-order valence-corrected chi connectivity index (χ4v) is 14.8. The second-order valence-corrected chi connectivity index (χ2v) is 24.2. The molecular weight excluding hydrogens is 1030 g/mol. The van der Waals surface area contributed by atoms with E-state index in [1.54, 1.807) is 0 Å². The molecule has 2 N–H and O–H groups in total. The number of H-pyrrole nitrogens is 2. The van der Waals surface area contributed by atoms with E-state index >= 15 is 0 Å². The van der Waals surface area contributed by atoms with Crippen LogP contribution in [-0.2, 0) is 46.6 Å². The van der Waals surface area contributed by atoms with Crippen LogP contribution in [0.4, 0.5) is 0 Å². The number of aryl methyl sites for hydroxylation is 6. The average molecular weight is 1120 g/mol. The zero-order valence-corrected chi connectivity index (χ0v) is 51.4. The predicted molar refractivity (Wildman–Crippen MR) is 347 cm³/mol.